The minimum Gasteiger partial charge on any atom is -0.325 e. The van der Waals surface area contributed by atoms with Crippen LogP contribution in [0.2, 0.25) is 5.02 Å². The maximum atomic E-state index is 12.4. The third-order valence-corrected chi connectivity index (χ3v) is 4.89. The van der Waals surface area contributed by atoms with Gasteiger partial charge in [-0.2, -0.15) is 0 Å². The van der Waals surface area contributed by atoms with Crippen LogP contribution in [0.3, 0.4) is 0 Å². The number of nitrogens with one attached hydrogen (secondary N) is 2. The van der Waals surface area contributed by atoms with E-state index in [1.54, 1.807) is 24.3 Å². The molecule has 0 aliphatic carbocycles. The van der Waals surface area contributed by atoms with Gasteiger partial charge in [-0.25, -0.2) is 9.78 Å². The van der Waals surface area contributed by atoms with Crippen LogP contribution in [0.25, 0.3) is 0 Å². The quantitative estimate of drug-likeness (QED) is 0.782. The number of amides is 4. The van der Waals surface area contributed by atoms with E-state index in [0.29, 0.717) is 15.7 Å². The summed E-state index contributed by atoms with van der Waals surface area (Å²) in [5.41, 5.74) is 1.47. The predicted octanol–water partition coefficient (Wildman–Crippen LogP) is 2.55. The summed E-state index contributed by atoms with van der Waals surface area (Å²) in [7, 11) is 0. The van der Waals surface area contributed by atoms with Crippen LogP contribution in [-0.4, -0.2) is 33.8 Å². The average Bonchev–Trinajstić information content (AvgIpc) is 3.07. The Morgan fingerprint density at radius 3 is 2.84 bits per heavy atom. The predicted molar refractivity (Wildman–Crippen MR) is 94.4 cm³/mol. The van der Waals surface area contributed by atoms with Crippen LogP contribution < -0.4 is 10.6 Å². The van der Waals surface area contributed by atoms with Gasteiger partial charge in [0.25, 0.3) is 5.91 Å². The second-order valence-electron chi connectivity index (χ2n) is 5.56. The number of hydrogen-bond acceptors (Lipinski definition) is 5. The molecule has 4 amide bonds. The number of nitrogens with zero attached hydrogens (tertiary/aromatic N) is 2. The number of imide groups is 1. The molecule has 25 heavy (non-hydrogen) atoms. The minimum atomic E-state index is -0.893. The highest BCUT2D eigenvalue weighted by Crippen LogP contribution is 2.21. The topological polar surface area (TPSA) is 91.4 Å². The van der Waals surface area contributed by atoms with Crippen molar-refractivity contribution in [1.82, 2.24) is 15.2 Å². The Balaban J connectivity index is 1.62. The molecule has 130 valence electrons. The molecule has 2 N–H and O–H groups in total. The Bertz CT molecular complexity index is 838. The van der Waals surface area contributed by atoms with Crippen molar-refractivity contribution in [2.45, 2.75) is 25.9 Å². The van der Waals surface area contributed by atoms with Crippen LogP contribution in [0.5, 0.6) is 0 Å². The number of anilines is 1. The molecule has 0 bridgehead atoms. The van der Waals surface area contributed by atoms with E-state index in [1.807, 2.05) is 12.3 Å². The highest BCUT2D eigenvalue weighted by Gasteiger charge is 2.39. The van der Waals surface area contributed by atoms with Gasteiger partial charge in [-0.1, -0.05) is 29.8 Å². The molecule has 1 aromatic carbocycles. The minimum absolute atomic E-state index is 0.0636. The van der Waals surface area contributed by atoms with E-state index < -0.39 is 18.0 Å². The first-order valence-electron chi connectivity index (χ1n) is 7.51. The van der Waals surface area contributed by atoms with Crippen molar-refractivity contribution in [1.29, 1.82) is 0 Å². The van der Waals surface area contributed by atoms with Crippen molar-refractivity contribution in [3.8, 4) is 0 Å². The fourth-order valence-electron chi connectivity index (χ4n) is 2.43. The summed E-state index contributed by atoms with van der Waals surface area (Å²) in [5, 5.41) is 7.91. The summed E-state index contributed by atoms with van der Waals surface area (Å²) in [6, 6.07) is 5.55. The molecule has 0 spiro atoms. The lowest BCUT2D eigenvalue weighted by Crippen LogP contribution is -2.34. The first kappa shape index (κ1) is 17.4. The molecule has 2 heterocycles. The molecule has 1 aliphatic heterocycles. The highest BCUT2D eigenvalue weighted by molar-refractivity contribution is 7.13. The molecule has 1 fully saturated rings. The zero-order valence-corrected chi connectivity index (χ0v) is 14.9. The Kier molecular flexibility index (Phi) is 5.00. The number of carbonyl (C=O) groups excluding carboxylic acids is 3. The molecule has 1 aromatic heterocycles. The summed E-state index contributed by atoms with van der Waals surface area (Å²) >= 11 is 7.37. The summed E-state index contributed by atoms with van der Waals surface area (Å²) in [6.45, 7) is 1.88. The Labute approximate surface area is 153 Å². The molecule has 3 rings (SSSR count). The van der Waals surface area contributed by atoms with E-state index in [-0.39, 0.29) is 18.9 Å². The summed E-state index contributed by atoms with van der Waals surface area (Å²) < 4.78 is 0. The second kappa shape index (κ2) is 7.20. The number of aromatic nitrogens is 1. The van der Waals surface area contributed by atoms with Gasteiger partial charge in [0, 0.05) is 10.4 Å². The number of thiazole rings is 1. The van der Waals surface area contributed by atoms with Crippen LogP contribution in [-0.2, 0) is 16.1 Å². The molecule has 9 heteroatoms. The van der Waals surface area contributed by atoms with E-state index in [1.165, 1.54) is 11.3 Å². The lowest BCUT2D eigenvalue weighted by Gasteiger charge is -2.14. The van der Waals surface area contributed by atoms with Gasteiger partial charge < -0.3 is 10.6 Å². The number of hydrogen-bond donors (Lipinski definition) is 2. The summed E-state index contributed by atoms with van der Waals surface area (Å²) in [4.78, 5) is 41.7. The number of halogens is 1. The Morgan fingerprint density at radius 2 is 2.16 bits per heavy atom. The van der Waals surface area contributed by atoms with Gasteiger partial charge in [0.2, 0.25) is 5.91 Å². The van der Waals surface area contributed by atoms with Gasteiger partial charge in [0.1, 0.15) is 6.04 Å². The van der Waals surface area contributed by atoms with Gasteiger partial charge in [-0.05, 0) is 18.6 Å². The molecule has 0 saturated carbocycles. The lowest BCUT2D eigenvalue weighted by molar-refractivity contribution is -0.130. The molecular weight excluding hydrogens is 364 g/mol. The first-order chi connectivity index (χ1) is 11.9. The second-order valence-corrected chi connectivity index (χ2v) is 6.83. The fourth-order valence-corrected chi connectivity index (χ4v) is 3.33. The van der Waals surface area contributed by atoms with Crippen molar-refractivity contribution in [2.24, 2.45) is 0 Å². The zero-order chi connectivity index (χ0) is 18.0. The number of rotatable bonds is 5. The number of urea groups is 1. The summed E-state index contributed by atoms with van der Waals surface area (Å²) in [6.07, 6.45) is -0.151. The molecule has 1 aliphatic rings. The monoisotopic (exact) mass is 378 g/mol. The SMILES string of the molecule is Cc1csc(NC(=O)CC2NC(=O)N(Cc3ccccc3Cl)C2=O)n1. The van der Waals surface area contributed by atoms with Crippen LogP contribution in [0.1, 0.15) is 17.7 Å². The third kappa shape index (κ3) is 3.97. The van der Waals surface area contributed by atoms with Crippen LogP contribution in [0.4, 0.5) is 9.93 Å². The number of benzene rings is 1. The Hall–Kier alpha value is -2.45. The smallest absolute Gasteiger partial charge is 0.325 e. The molecule has 1 saturated heterocycles. The van der Waals surface area contributed by atoms with Crippen LogP contribution >= 0.6 is 22.9 Å². The fraction of sp³-hybridized carbons (Fsp3) is 0.250. The maximum absolute atomic E-state index is 12.4. The molecule has 7 nitrogen and oxygen atoms in total. The van der Waals surface area contributed by atoms with Crippen LogP contribution in [0, 0.1) is 6.92 Å². The van der Waals surface area contributed by atoms with Crippen molar-refractivity contribution < 1.29 is 14.4 Å². The van der Waals surface area contributed by atoms with Crippen molar-refractivity contribution in [3.63, 3.8) is 0 Å². The van der Waals surface area contributed by atoms with E-state index in [9.17, 15) is 14.4 Å². The van der Waals surface area contributed by atoms with Crippen molar-refractivity contribution in [3.05, 3.63) is 45.9 Å². The summed E-state index contributed by atoms with van der Waals surface area (Å²) in [5.74, 6) is -0.831. The van der Waals surface area contributed by atoms with Gasteiger partial charge in [-0.15, -0.1) is 11.3 Å². The molecule has 1 atom stereocenters. The van der Waals surface area contributed by atoms with Crippen molar-refractivity contribution in [2.75, 3.05) is 5.32 Å². The molecule has 2 aromatic rings. The molecule has 1 unspecified atom stereocenters. The normalized spacial score (nSPS) is 16.9. The van der Waals surface area contributed by atoms with Gasteiger partial charge in [0.05, 0.1) is 18.7 Å². The highest BCUT2D eigenvalue weighted by atomic mass is 35.5. The average molecular weight is 379 g/mol. The zero-order valence-electron chi connectivity index (χ0n) is 13.3. The van der Waals surface area contributed by atoms with Gasteiger partial charge in [0.15, 0.2) is 5.13 Å². The standard InChI is InChI=1S/C16H15ClN4O3S/c1-9-8-25-15(18-9)20-13(22)6-12-14(23)21(16(24)19-12)7-10-4-2-3-5-11(10)17/h2-5,8,12H,6-7H2,1H3,(H,19,24)(H,18,20,22). The lowest BCUT2D eigenvalue weighted by atomic mass is 10.1. The Morgan fingerprint density at radius 1 is 1.40 bits per heavy atom. The van der Waals surface area contributed by atoms with E-state index in [4.69, 9.17) is 11.6 Å². The molecular formula is C16H15ClN4O3S. The molecule has 0 radical (unpaired) electrons. The van der Waals surface area contributed by atoms with E-state index in [2.05, 4.69) is 15.6 Å². The largest absolute Gasteiger partial charge is 0.325 e. The van der Waals surface area contributed by atoms with Gasteiger partial charge in [-0.3, -0.25) is 14.5 Å². The third-order valence-electron chi connectivity index (χ3n) is 3.65. The van der Waals surface area contributed by atoms with E-state index in [0.717, 1.165) is 10.6 Å². The number of aryl methyl sites for hydroxylation is 1. The van der Waals surface area contributed by atoms with E-state index >= 15 is 0 Å². The van der Waals surface area contributed by atoms with Crippen molar-refractivity contribution >= 4 is 45.9 Å². The first-order valence-corrected chi connectivity index (χ1v) is 8.77. The number of carbonyl (C=O) groups is 3. The van der Waals surface area contributed by atoms with Gasteiger partial charge >= 0.3 is 6.03 Å². The maximum Gasteiger partial charge on any atom is 0.325 e. The van der Waals surface area contributed by atoms with Crippen LogP contribution in [0.15, 0.2) is 29.6 Å².